The number of rotatable bonds is 4. The van der Waals surface area contributed by atoms with Gasteiger partial charge in [0.25, 0.3) is 0 Å². The van der Waals surface area contributed by atoms with Gasteiger partial charge in [-0.2, -0.15) is 4.31 Å². The Labute approximate surface area is 176 Å². The third kappa shape index (κ3) is 3.30. The smallest absolute Gasteiger partial charge is 0.243 e. The molecule has 1 heterocycles. The minimum atomic E-state index is -3.50. The first kappa shape index (κ1) is 19.3. The molecule has 1 fully saturated rings. The normalized spacial score (nSPS) is 17.3. The molecule has 0 aromatic heterocycles. The average molecular weight is 421 g/mol. The van der Waals surface area contributed by atoms with Gasteiger partial charge in [0, 0.05) is 30.1 Å². The van der Waals surface area contributed by atoms with E-state index < -0.39 is 10.0 Å². The minimum absolute atomic E-state index is 0.0227. The van der Waals surface area contributed by atoms with Crippen molar-refractivity contribution in [1.82, 2.24) is 4.31 Å². The number of carbonyl (C=O) groups is 1. The second-order valence-electron chi connectivity index (χ2n) is 8.09. The van der Waals surface area contributed by atoms with Crippen LogP contribution >= 0.6 is 0 Å². The highest BCUT2D eigenvalue weighted by atomic mass is 32.2. The summed E-state index contributed by atoms with van der Waals surface area (Å²) >= 11 is 0. The number of nitrogens with zero attached hydrogens (tertiary/aromatic N) is 1. The Balaban J connectivity index is 1.29. The van der Waals surface area contributed by atoms with Gasteiger partial charge in [-0.25, -0.2) is 8.42 Å². The van der Waals surface area contributed by atoms with Gasteiger partial charge in [-0.15, -0.1) is 0 Å². The fourth-order valence-electron chi connectivity index (χ4n) is 4.69. The number of carbonyl (C=O) groups excluding carboxylic acids is 1. The maximum atomic E-state index is 12.9. The number of hydrogen-bond donors (Lipinski definition) is 1. The number of nitrogens with one attached hydrogen (secondary N) is 1. The first-order valence-corrected chi connectivity index (χ1v) is 11.9. The SMILES string of the molecule is O=C(Nc1ccc2c3c(cccc13)CC2)C1CCN(S(=O)(=O)c2ccccc2)CC1. The number of anilines is 1. The Morgan fingerprint density at radius 3 is 2.30 bits per heavy atom. The molecular weight excluding hydrogens is 396 g/mol. The third-order valence-electron chi connectivity index (χ3n) is 6.34. The number of sulfonamides is 1. The van der Waals surface area contributed by atoms with Crippen molar-refractivity contribution < 1.29 is 13.2 Å². The molecule has 2 aliphatic rings. The van der Waals surface area contributed by atoms with Gasteiger partial charge in [0.1, 0.15) is 0 Å². The molecule has 5 rings (SSSR count). The summed E-state index contributed by atoms with van der Waals surface area (Å²) in [6.07, 6.45) is 3.16. The van der Waals surface area contributed by atoms with E-state index in [2.05, 4.69) is 29.6 Å². The van der Waals surface area contributed by atoms with Gasteiger partial charge in [-0.05, 0) is 60.4 Å². The van der Waals surface area contributed by atoms with E-state index in [4.69, 9.17) is 0 Å². The molecule has 0 saturated carbocycles. The van der Waals surface area contributed by atoms with Crippen LogP contribution < -0.4 is 5.32 Å². The lowest BCUT2D eigenvalue weighted by Gasteiger charge is -2.30. The van der Waals surface area contributed by atoms with Crippen molar-refractivity contribution in [3.8, 4) is 0 Å². The second kappa shape index (κ2) is 7.52. The highest BCUT2D eigenvalue weighted by Crippen LogP contribution is 2.35. The zero-order valence-electron chi connectivity index (χ0n) is 16.7. The maximum absolute atomic E-state index is 12.9. The Kier molecular flexibility index (Phi) is 4.83. The lowest BCUT2D eigenvalue weighted by atomic mass is 9.96. The highest BCUT2D eigenvalue weighted by Gasteiger charge is 2.32. The van der Waals surface area contributed by atoms with Gasteiger partial charge in [0.15, 0.2) is 0 Å². The van der Waals surface area contributed by atoms with E-state index in [0.717, 1.165) is 23.9 Å². The predicted octanol–water partition coefficient (Wildman–Crippen LogP) is 3.98. The quantitative estimate of drug-likeness (QED) is 0.694. The maximum Gasteiger partial charge on any atom is 0.243 e. The number of aryl methyl sites for hydroxylation is 2. The number of hydrogen-bond acceptors (Lipinski definition) is 3. The van der Waals surface area contributed by atoms with Crippen LogP contribution in [0, 0.1) is 5.92 Å². The Morgan fingerprint density at radius 2 is 1.57 bits per heavy atom. The zero-order valence-corrected chi connectivity index (χ0v) is 17.5. The summed E-state index contributed by atoms with van der Waals surface area (Å²) in [4.78, 5) is 13.3. The largest absolute Gasteiger partial charge is 0.325 e. The van der Waals surface area contributed by atoms with E-state index in [9.17, 15) is 13.2 Å². The summed E-state index contributed by atoms with van der Waals surface area (Å²) < 4.78 is 27.1. The fourth-order valence-corrected chi connectivity index (χ4v) is 6.18. The van der Waals surface area contributed by atoms with E-state index in [1.807, 2.05) is 6.07 Å². The molecule has 3 aromatic rings. The van der Waals surface area contributed by atoms with E-state index in [-0.39, 0.29) is 11.8 Å². The standard InChI is InChI=1S/C24H24N2O3S/c27-24(25-22-12-11-18-10-9-17-5-4-8-21(22)23(17)18)19-13-15-26(16-14-19)30(28,29)20-6-2-1-3-7-20/h1-8,11-12,19H,9-10,13-16H2,(H,25,27). The Morgan fingerprint density at radius 1 is 0.867 bits per heavy atom. The van der Waals surface area contributed by atoms with Crippen molar-refractivity contribution in [1.29, 1.82) is 0 Å². The van der Waals surface area contributed by atoms with Crippen LogP contribution in [0.1, 0.15) is 24.0 Å². The molecule has 0 radical (unpaired) electrons. The second-order valence-corrected chi connectivity index (χ2v) is 10.0. The first-order chi connectivity index (χ1) is 14.5. The predicted molar refractivity (Wildman–Crippen MR) is 118 cm³/mol. The molecule has 6 heteroatoms. The topological polar surface area (TPSA) is 66.5 Å². The average Bonchev–Trinajstić information content (AvgIpc) is 3.21. The fraction of sp³-hybridized carbons (Fsp3) is 0.292. The Hall–Kier alpha value is -2.70. The molecule has 0 spiro atoms. The Bertz CT molecular complexity index is 1200. The van der Waals surface area contributed by atoms with Gasteiger partial charge >= 0.3 is 0 Å². The van der Waals surface area contributed by atoms with Crippen LogP contribution in [0.2, 0.25) is 0 Å². The lowest BCUT2D eigenvalue weighted by molar-refractivity contribution is -0.120. The molecule has 5 nitrogen and oxygen atoms in total. The number of piperidine rings is 1. The van der Waals surface area contributed by atoms with Crippen LogP contribution in [0.4, 0.5) is 5.69 Å². The van der Waals surface area contributed by atoms with Crippen LogP contribution in [0.25, 0.3) is 10.8 Å². The molecule has 30 heavy (non-hydrogen) atoms. The van der Waals surface area contributed by atoms with E-state index in [1.165, 1.54) is 20.8 Å². The van der Waals surface area contributed by atoms with E-state index in [1.54, 1.807) is 30.3 Å². The van der Waals surface area contributed by atoms with Crippen LogP contribution in [-0.2, 0) is 27.7 Å². The zero-order chi connectivity index (χ0) is 20.7. The van der Waals surface area contributed by atoms with Crippen LogP contribution in [-0.4, -0.2) is 31.7 Å². The molecule has 1 N–H and O–H groups in total. The molecule has 0 bridgehead atoms. The van der Waals surface area contributed by atoms with Gasteiger partial charge in [-0.1, -0.05) is 42.5 Å². The van der Waals surface area contributed by atoms with E-state index >= 15 is 0 Å². The first-order valence-electron chi connectivity index (χ1n) is 10.4. The van der Waals surface area contributed by atoms with Gasteiger partial charge in [0.2, 0.25) is 15.9 Å². The minimum Gasteiger partial charge on any atom is -0.325 e. The summed E-state index contributed by atoms with van der Waals surface area (Å²) in [7, 11) is -3.50. The van der Waals surface area contributed by atoms with Crippen LogP contribution in [0.5, 0.6) is 0 Å². The number of amides is 1. The number of benzene rings is 3. The van der Waals surface area contributed by atoms with Crippen molar-refractivity contribution in [2.24, 2.45) is 5.92 Å². The molecule has 1 aliphatic carbocycles. The van der Waals surface area contributed by atoms with Crippen LogP contribution in [0.3, 0.4) is 0 Å². The van der Waals surface area contributed by atoms with Crippen molar-refractivity contribution in [3.05, 3.63) is 71.8 Å². The van der Waals surface area contributed by atoms with Crippen molar-refractivity contribution in [2.45, 2.75) is 30.6 Å². The van der Waals surface area contributed by atoms with Gasteiger partial charge in [0.05, 0.1) is 4.90 Å². The summed E-state index contributed by atoms with van der Waals surface area (Å²) in [6.45, 7) is 0.721. The summed E-state index contributed by atoms with van der Waals surface area (Å²) in [5, 5.41) is 5.49. The third-order valence-corrected chi connectivity index (χ3v) is 8.25. The van der Waals surface area contributed by atoms with Gasteiger partial charge < -0.3 is 5.32 Å². The molecule has 1 aliphatic heterocycles. The van der Waals surface area contributed by atoms with E-state index in [0.29, 0.717) is 30.8 Å². The molecule has 0 unspecified atom stereocenters. The summed E-state index contributed by atoms with van der Waals surface area (Å²) in [5.41, 5.74) is 3.54. The molecular formula is C24H24N2O3S. The van der Waals surface area contributed by atoms with Crippen molar-refractivity contribution >= 4 is 32.4 Å². The van der Waals surface area contributed by atoms with Crippen molar-refractivity contribution in [3.63, 3.8) is 0 Å². The summed E-state index contributed by atoms with van der Waals surface area (Å²) in [5.74, 6) is -0.208. The lowest BCUT2D eigenvalue weighted by Crippen LogP contribution is -2.41. The molecule has 0 atom stereocenters. The summed E-state index contributed by atoms with van der Waals surface area (Å²) in [6, 6.07) is 18.9. The monoisotopic (exact) mass is 420 g/mol. The molecule has 1 saturated heterocycles. The molecule has 1 amide bonds. The molecule has 154 valence electrons. The van der Waals surface area contributed by atoms with Crippen LogP contribution in [0.15, 0.2) is 65.6 Å². The highest BCUT2D eigenvalue weighted by molar-refractivity contribution is 7.89. The van der Waals surface area contributed by atoms with Gasteiger partial charge in [-0.3, -0.25) is 4.79 Å². The molecule has 3 aromatic carbocycles. The van der Waals surface area contributed by atoms with Crippen molar-refractivity contribution in [2.75, 3.05) is 18.4 Å².